The summed E-state index contributed by atoms with van der Waals surface area (Å²) in [5, 5.41) is 3.48. The van der Waals surface area contributed by atoms with Crippen molar-refractivity contribution in [1.29, 1.82) is 0 Å². The number of hydrogen-bond donors (Lipinski definition) is 1. The summed E-state index contributed by atoms with van der Waals surface area (Å²) >= 11 is 5.91. The number of carbonyl (C=O) groups excluding carboxylic acids is 1. The number of aryl methyl sites for hydroxylation is 1. The maximum absolute atomic E-state index is 11.6. The number of carbonyl (C=O) groups is 1. The van der Waals surface area contributed by atoms with Crippen molar-refractivity contribution >= 4 is 17.5 Å². The molecule has 0 bridgehead atoms. The number of hydrogen-bond acceptors (Lipinski definition) is 1. The van der Waals surface area contributed by atoms with Crippen molar-refractivity contribution in [2.24, 2.45) is 0 Å². The zero-order valence-electron chi connectivity index (χ0n) is 11.8. The molecule has 1 amide bonds. The van der Waals surface area contributed by atoms with Crippen LogP contribution in [0.5, 0.6) is 0 Å². The van der Waals surface area contributed by atoms with Crippen molar-refractivity contribution in [3.63, 3.8) is 0 Å². The average molecular weight is 298 g/mol. The average Bonchev–Trinajstić information content (AvgIpc) is 2.47. The van der Waals surface area contributed by atoms with Gasteiger partial charge in [-0.15, -0.1) is 0 Å². The minimum absolute atomic E-state index is 0.266. The largest absolute Gasteiger partial charge is 0.345 e. The zero-order chi connectivity index (χ0) is 15.1. The number of rotatable bonds is 3. The van der Waals surface area contributed by atoms with Gasteiger partial charge in [-0.05, 0) is 43.2 Å². The molecular weight excluding hydrogens is 282 g/mol. The molecule has 0 fully saturated rings. The third-order valence-corrected chi connectivity index (χ3v) is 3.20. The Morgan fingerprint density at radius 3 is 2.67 bits per heavy atom. The van der Waals surface area contributed by atoms with Gasteiger partial charge < -0.3 is 5.32 Å². The van der Waals surface area contributed by atoms with Crippen LogP contribution < -0.4 is 5.32 Å². The van der Waals surface area contributed by atoms with Gasteiger partial charge in [0.05, 0.1) is 0 Å². The molecule has 2 rings (SSSR count). The van der Waals surface area contributed by atoms with Crippen molar-refractivity contribution < 1.29 is 4.79 Å². The molecule has 0 heterocycles. The molecule has 2 aromatic rings. The quantitative estimate of drug-likeness (QED) is 0.865. The summed E-state index contributed by atoms with van der Waals surface area (Å²) in [7, 11) is 0. The summed E-state index contributed by atoms with van der Waals surface area (Å²) in [6.45, 7) is 2.56. The fourth-order valence-electron chi connectivity index (χ4n) is 1.82. The Hall–Kier alpha value is -2.24. The highest BCUT2D eigenvalue weighted by atomic mass is 35.5. The lowest BCUT2D eigenvalue weighted by Crippen LogP contribution is -2.23. The Bertz CT molecular complexity index is 680. The highest BCUT2D eigenvalue weighted by Gasteiger charge is 1.97. The molecule has 1 N–H and O–H groups in total. The van der Waals surface area contributed by atoms with Gasteiger partial charge in [0.1, 0.15) is 0 Å². The Labute approximate surface area is 130 Å². The van der Waals surface area contributed by atoms with Crippen LogP contribution in [-0.4, -0.2) is 12.5 Å². The van der Waals surface area contributed by atoms with Gasteiger partial charge in [0.15, 0.2) is 0 Å². The lowest BCUT2D eigenvalue weighted by Gasteiger charge is -2.02. The predicted molar refractivity (Wildman–Crippen MR) is 86.2 cm³/mol. The van der Waals surface area contributed by atoms with Crippen LogP contribution in [0.2, 0.25) is 5.02 Å². The first-order chi connectivity index (χ1) is 10.1. The summed E-state index contributed by atoms with van der Waals surface area (Å²) in [6.07, 6.45) is 0.735. The number of nitrogens with one attached hydrogen (secondary N) is 1. The fraction of sp³-hybridized carbons (Fsp3) is 0.167. The molecule has 3 heteroatoms. The first kappa shape index (κ1) is 15.2. The smallest absolute Gasteiger partial charge is 0.296 e. The van der Waals surface area contributed by atoms with Gasteiger partial charge in [0, 0.05) is 23.1 Å². The van der Waals surface area contributed by atoms with Gasteiger partial charge in [0.2, 0.25) is 0 Å². The van der Waals surface area contributed by atoms with Gasteiger partial charge >= 0.3 is 0 Å². The Morgan fingerprint density at radius 1 is 1.19 bits per heavy atom. The van der Waals surface area contributed by atoms with Crippen LogP contribution in [0.25, 0.3) is 0 Å². The topological polar surface area (TPSA) is 29.1 Å². The molecule has 0 aliphatic carbocycles. The van der Waals surface area contributed by atoms with E-state index in [1.165, 1.54) is 5.56 Å². The molecule has 0 unspecified atom stereocenters. The maximum atomic E-state index is 11.6. The van der Waals surface area contributed by atoms with Crippen molar-refractivity contribution in [2.45, 2.75) is 13.3 Å². The Morgan fingerprint density at radius 2 is 1.95 bits per heavy atom. The standard InChI is InChI=1S/C18H16ClNO/c1-14-5-7-15(8-6-14)9-10-18(21)20-12-11-16-3-2-4-17(19)13-16/h2-8,13H,11-12H2,1H3,(H,20,21). The molecule has 21 heavy (non-hydrogen) atoms. The monoisotopic (exact) mass is 297 g/mol. The van der Waals surface area contributed by atoms with E-state index in [0.717, 1.165) is 17.5 Å². The van der Waals surface area contributed by atoms with E-state index >= 15 is 0 Å². The molecule has 106 valence electrons. The molecule has 2 nitrogen and oxygen atoms in total. The van der Waals surface area contributed by atoms with Gasteiger partial charge in [-0.3, -0.25) is 4.79 Å². The summed E-state index contributed by atoms with van der Waals surface area (Å²) in [6, 6.07) is 15.4. The summed E-state index contributed by atoms with van der Waals surface area (Å²) < 4.78 is 0. The second kappa shape index (κ2) is 7.52. The molecule has 0 saturated heterocycles. The molecule has 0 spiro atoms. The van der Waals surface area contributed by atoms with Crippen molar-refractivity contribution in [2.75, 3.05) is 6.54 Å². The first-order valence-electron chi connectivity index (χ1n) is 6.74. The lowest BCUT2D eigenvalue weighted by atomic mass is 10.1. The number of benzene rings is 2. The Balaban J connectivity index is 1.81. The van der Waals surface area contributed by atoms with E-state index in [9.17, 15) is 4.79 Å². The van der Waals surface area contributed by atoms with Crippen LogP contribution in [0, 0.1) is 18.8 Å². The van der Waals surface area contributed by atoms with Crippen LogP contribution in [0.15, 0.2) is 48.5 Å². The first-order valence-corrected chi connectivity index (χ1v) is 7.12. The van der Waals surface area contributed by atoms with E-state index < -0.39 is 0 Å². The van der Waals surface area contributed by atoms with Crippen LogP contribution in [0.1, 0.15) is 16.7 Å². The van der Waals surface area contributed by atoms with Crippen LogP contribution in [-0.2, 0) is 11.2 Å². The third kappa shape index (κ3) is 5.33. The number of halogens is 1. The van der Waals surface area contributed by atoms with E-state index in [4.69, 9.17) is 11.6 Å². The molecule has 0 atom stereocenters. The molecule has 0 radical (unpaired) electrons. The summed E-state index contributed by atoms with van der Waals surface area (Å²) in [5.41, 5.74) is 3.10. The van der Waals surface area contributed by atoms with Gasteiger partial charge in [-0.25, -0.2) is 0 Å². The maximum Gasteiger partial charge on any atom is 0.296 e. The number of amides is 1. The lowest BCUT2D eigenvalue weighted by molar-refractivity contribution is -0.115. The van der Waals surface area contributed by atoms with Crippen molar-refractivity contribution in [3.8, 4) is 11.8 Å². The molecule has 0 aromatic heterocycles. The van der Waals surface area contributed by atoms with Crippen LogP contribution in [0.4, 0.5) is 0 Å². The molecule has 0 saturated carbocycles. The van der Waals surface area contributed by atoms with Gasteiger partial charge in [-0.1, -0.05) is 47.4 Å². The second-order valence-corrected chi connectivity index (χ2v) is 5.19. The van der Waals surface area contributed by atoms with E-state index in [1.807, 2.05) is 55.5 Å². The van der Waals surface area contributed by atoms with Crippen molar-refractivity contribution in [1.82, 2.24) is 5.32 Å². The SMILES string of the molecule is Cc1ccc(C#CC(=O)NCCc2cccc(Cl)c2)cc1. The molecular formula is C18H16ClNO. The van der Waals surface area contributed by atoms with E-state index in [0.29, 0.717) is 11.6 Å². The van der Waals surface area contributed by atoms with E-state index in [1.54, 1.807) is 0 Å². The second-order valence-electron chi connectivity index (χ2n) is 4.75. The predicted octanol–water partition coefficient (Wildman–Crippen LogP) is 3.36. The molecule has 0 aliphatic heterocycles. The van der Waals surface area contributed by atoms with Gasteiger partial charge in [-0.2, -0.15) is 0 Å². The van der Waals surface area contributed by atoms with E-state index in [2.05, 4.69) is 17.2 Å². The highest BCUT2D eigenvalue weighted by molar-refractivity contribution is 6.30. The summed E-state index contributed by atoms with van der Waals surface area (Å²) in [4.78, 5) is 11.6. The normalized spacial score (nSPS) is 9.62. The molecule has 2 aromatic carbocycles. The van der Waals surface area contributed by atoms with Crippen LogP contribution >= 0.6 is 11.6 Å². The van der Waals surface area contributed by atoms with Gasteiger partial charge in [0.25, 0.3) is 5.91 Å². The summed E-state index contributed by atoms with van der Waals surface area (Å²) in [5.74, 6) is 5.17. The van der Waals surface area contributed by atoms with E-state index in [-0.39, 0.29) is 5.91 Å². The third-order valence-electron chi connectivity index (χ3n) is 2.96. The Kier molecular flexibility index (Phi) is 5.43. The minimum atomic E-state index is -0.266. The van der Waals surface area contributed by atoms with Crippen LogP contribution in [0.3, 0.4) is 0 Å². The minimum Gasteiger partial charge on any atom is -0.345 e. The fourth-order valence-corrected chi connectivity index (χ4v) is 2.04. The highest BCUT2D eigenvalue weighted by Crippen LogP contribution is 2.10. The zero-order valence-corrected chi connectivity index (χ0v) is 12.6. The molecule has 0 aliphatic rings. The van der Waals surface area contributed by atoms with Crippen molar-refractivity contribution in [3.05, 3.63) is 70.2 Å².